The van der Waals surface area contributed by atoms with Gasteiger partial charge in [-0.15, -0.1) is 11.8 Å². The van der Waals surface area contributed by atoms with Crippen LogP contribution in [0.2, 0.25) is 0 Å². The second-order valence-corrected chi connectivity index (χ2v) is 9.68. The van der Waals surface area contributed by atoms with Gasteiger partial charge < -0.3 is 36.4 Å². The lowest BCUT2D eigenvalue weighted by atomic mass is 9.89. The van der Waals surface area contributed by atoms with Crippen molar-refractivity contribution in [1.29, 1.82) is 0 Å². The van der Waals surface area contributed by atoms with Gasteiger partial charge >= 0.3 is 5.97 Å². The van der Waals surface area contributed by atoms with Crippen molar-refractivity contribution in [2.75, 3.05) is 19.8 Å². The molecule has 0 aliphatic heterocycles. The van der Waals surface area contributed by atoms with Gasteiger partial charge in [0.1, 0.15) is 0 Å². The Kier molecular flexibility index (Phi) is 13.6. The predicted molar refractivity (Wildman–Crippen MR) is 130 cm³/mol. The second kappa shape index (κ2) is 15.3. The maximum absolute atomic E-state index is 10.6. The Morgan fingerprint density at radius 1 is 1.24 bits per heavy atom. The van der Waals surface area contributed by atoms with Crippen LogP contribution in [0.5, 0.6) is 0 Å². The maximum Gasteiger partial charge on any atom is 0.303 e. The molecule has 194 valence electrons. The summed E-state index contributed by atoms with van der Waals surface area (Å²) in [6.45, 7) is 2.58. The molecule has 8 nitrogen and oxygen atoms in total. The van der Waals surface area contributed by atoms with Crippen LogP contribution in [0.4, 0.5) is 0 Å². The number of carboxylic acids is 1. The number of unbranched alkanes of at least 4 members (excludes halogenated alkanes) is 1. The van der Waals surface area contributed by atoms with Gasteiger partial charge in [0.25, 0.3) is 0 Å². The third kappa shape index (κ3) is 9.87. The molecular formula is C26H43NO7. The third-order valence-corrected chi connectivity index (χ3v) is 6.80. The molecule has 0 bridgehead atoms. The zero-order valence-corrected chi connectivity index (χ0v) is 20.4. The molecule has 2 aliphatic carbocycles. The van der Waals surface area contributed by atoms with Crippen molar-refractivity contribution in [2.24, 2.45) is 29.4 Å². The van der Waals surface area contributed by atoms with Crippen LogP contribution in [0.3, 0.4) is 0 Å². The van der Waals surface area contributed by atoms with E-state index in [0.29, 0.717) is 24.7 Å². The molecule has 8 heteroatoms. The molecule has 0 aromatic rings. The van der Waals surface area contributed by atoms with Crippen molar-refractivity contribution in [1.82, 2.24) is 0 Å². The van der Waals surface area contributed by atoms with E-state index in [9.17, 15) is 15.0 Å². The second-order valence-electron chi connectivity index (χ2n) is 9.68. The molecule has 8 N–H and O–H groups in total. The van der Waals surface area contributed by atoms with Crippen molar-refractivity contribution in [2.45, 2.75) is 76.5 Å². The monoisotopic (exact) mass is 481 g/mol. The number of carbonyl (C=O) groups is 1. The molecule has 1 unspecified atom stereocenters. The number of allylic oxidation sites excluding steroid dienone is 2. The number of carboxylic acid groups (broad SMARTS) is 1. The molecule has 0 saturated heterocycles. The van der Waals surface area contributed by atoms with E-state index in [1.807, 2.05) is 19.1 Å². The number of aliphatic carboxylic acids is 1. The minimum absolute atomic E-state index is 0.0845. The van der Waals surface area contributed by atoms with Gasteiger partial charge in [-0.2, -0.15) is 0 Å². The van der Waals surface area contributed by atoms with Gasteiger partial charge in [0.05, 0.1) is 37.6 Å². The summed E-state index contributed by atoms with van der Waals surface area (Å²) in [7, 11) is 0. The zero-order chi connectivity index (χ0) is 25.7. The Labute approximate surface area is 203 Å². The topological polar surface area (TPSA) is 164 Å². The standard InChI is InChI=1S/C22H32O4.C4H11NO3/c1-3-4-7-15(2)20(23)11-10-18-19-13-16(8-5-6-9-22(25)26)12-17(19)14-21(18)24;5-4(1-6,2-7)3-8/h8,10-11,15,17-21,23-24H,5-7,9,12-14H2,1-2H3,(H,25,26);6-8H,1-3,5H2/b11-10+,16-8+;/t15?,17-,18+,19-,20+,21+;/m0./s1. The summed E-state index contributed by atoms with van der Waals surface area (Å²) in [5, 5.41) is 54.4. The predicted octanol–water partition coefficient (Wildman–Crippen LogP) is 1.20. The van der Waals surface area contributed by atoms with E-state index in [0.717, 1.165) is 25.7 Å². The highest BCUT2D eigenvalue weighted by Crippen LogP contribution is 2.50. The van der Waals surface area contributed by atoms with Crippen LogP contribution in [-0.2, 0) is 4.79 Å². The van der Waals surface area contributed by atoms with E-state index in [2.05, 4.69) is 17.9 Å². The molecule has 2 saturated carbocycles. The summed E-state index contributed by atoms with van der Waals surface area (Å²) >= 11 is 0. The van der Waals surface area contributed by atoms with Gasteiger partial charge in [0.15, 0.2) is 0 Å². The van der Waals surface area contributed by atoms with E-state index in [4.69, 9.17) is 26.2 Å². The lowest BCUT2D eigenvalue weighted by molar-refractivity contribution is -0.137. The fraction of sp³-hybridized carbons (Fsp3) is 0.731. The Hall–Kier alpha value is -1.73. The van der Waals surface area contributed by atoms with Crippen LogP contribution in [0, 0.1) is 35.5 Å². The van der Waals surface area contributed by atoms with E-state index < -0.39 is 37.4 Å². The molecule has 6 atom stereocenters. The molecule has 0 heterocycles. The SMILES string of the molecule is CC#CCC(C)[C@H](O)/C=C/[C@@H]1[C@H]2C/C(=C/CCCC(=O)O)C[C@H]2C[C@H]1O.NC(CO)(CO)CO. The number of rotatable bonds is 11. The molecule has 0 aromatic heterocycles. The Morgan fingerprint density at radius 3 is 2.41 bits per heavy atom. The van der Waals surface area contributed by atoms with Gasteiger partial charge in [0, 0.05) is 18.8 Å². The first-order valence-corrected chi connectivity index (χ1v) is 12.1. The highest BCUT2D eigenvalue weighted by Gasteiger charge is 2.44. The number of fused-ring (bicyclic) bond motifs is 1. The van der Waals surface area contributed by atoms with E-state index >= 15 is 0 Å². The summed E-state index contributed by atoms with van der Waals surface area (Å²) in [6.07, 6.45) is 10.4. The first-order valence-electron chi connectivity index (χ1n) is 12.1. The Bertz CT molecular complexity index is 727. The van der Waals surface area contributed by atoms with Crippen LogP contribution in [0.1, 0.15) is 58.8 Å². The average molecular weight is 482 g/mol. The minimum atomic E-state index is -1.21. The number of aliphatic hydroxyl groups is 5. The third-order valence-electron chi connectivity index (χ3n) is 6.80. The fourth-order valence-electron chi connectivity index (χ4n) is 4.46. The molecule has 0 radical (unpaired) electrons. The van der Waals surface area contributed by atoms with Crippen LogP contribution in [0.15, 0.2) is 23.8 Å². The first-order chi connectivity index (χ1) is 16.1. The van der Waals surface area contributed by atoms with Crippen molar-refractivity contribution in [3.8, 4) is 11.8 Å². The molecule has 2 fully saturated rings. The largest absolute Gasteiger partial charge is 0.481 e. The van der Waals surface area contributed by atoms with Gasteiger partial charge in [-0.05, 0) is 56.8 Å². The van der Waals surface area contributed by atoms with Gasteiger partial charge in [-0.3, -0.25) is 4.79 Å². The van der Waals surface area contributed by atoms with Crippen molar-refractivity contribution < 1.29 is 35.4 Å². The molecule has 0 amide bonds. The molecule has 34 heavy (non-hydrogen) atoms. The van der Waals surface area contributed by atoms with E-state index in [-0.39, 0.29) is 24.4 Å². The average Bonchev–Trinajstić information content (AvgIpc) is 3.34. The highest BCUT2D eigenvalue weighted by molar-refractivity contribution is 5.66. The Morgan fingerprint density at radius 2 is 1.88 bits per heavy atom. The van der Waals surface area contributed by atoms with Crippen molar-refractivity contribution in [3.63, 3.8) is 0 Å². The van der Waals surface area contributed by atoms with Crippen LogP contribution < -0.4 is 5.73 Å². The summed E-state index contributed by atoms with van der Waals surface area (Å²) in [5.74, 6) is 6.25. The molecule has 2 rings (SSSR count). The lowest BCUT2D eigenvalue weighted by Crippen LogP contribution is -2.50. The number of hydrogen-bond donors (Lipinski definition) is 7. The number of aliphatic hydroxyl groups excluding tert-OH is 5. The zero-order valence-electron chi connectivity index (χ0n) is 20.4. The number of hydrogen-bond acceptors (Lipinski definition) is 7. The lowest BCUT2D eigenvalue weighted by Gasteiger charge is -2.20. The van der Waals surface area contributed by atoms with Gasteiger partial charge in [-0.1, -0.05) is 30.7 Å². The molecule has 2 aliphatic rings. The van der Waals surface area contributed by atoms with Gasteiger partial charge in [0.2, 0.25) is 0 Å². The highest BCUT2D eigenvalue weighted by atomic mass is 16.4. The molecule has 0 spiro atoms. The summed E-state index contributed by atoms with van der Waals surface area (Å²) in [4.78, 5) is 10.6. The summed E-state index contributed by atoms with van der Waals surface area (Å²) in [6, 6.07) is 0. The normalized spacial score (nSPS) is 27.0. The van der Waals surface area contributed by atoms with Crippen molar-refractivity contribution >= 4 is 5.97 Å². The molecular weight excluding hydrogens is 438 g/mol. The fourth-order valence-corrected chi connectivity index (χ4v) is 4.46. The van der Waals surface area contributed by atoms with E-state index in [1.165, 1.54) is 5.57 Å². The first kappa shape index (κ1) is 30.3. The van der Waals surface area contributed by atoms with Crippen LogP contribution in [0.25, 0.3) is 0 Å². The molecule has 0 aromatic carbocycles. The van der Waals surface area contributed by atoms with Crippen LogP contribution >= 0.6 is 0 Å². The summed E-state index contributed by atoms with van der Waals surface area (Å²) in [5.41, 5.74) is 5.34. The Balaban J connectivity index is 0.000000620. The smallest absolute Gasteiger partial charge is 0.303 e. The quantitative estimate of drug-likeness (QED) is 0.131. The minimum Gasteiger partial charge on any atom is -0.481 e. The van der Waals surface area contributed by atoms with Crippen molar-refractivity contribution in [3.05, 3.63) is 23.8 Å². The van der Waals surface area contributed by atoms with Crippen LogP contribution in [-0.4, -0.2) is 74.2 Å². The summed E-state index contributed by atoms with van der Waals surface area (Å²) < 4.78 is 0. The number of nitrogens with two attached hydrogens (primary N) is 1. The van der Waals surface area contributed by atoms with E-state index in [1.54, 1.807) is 6.92 Å². The van der Waals surface area contributed by atoms with Gasteiger partial charge in [-0.25, -0.2) is 0 Å². The maximum atomic E-state index is 10.6.